The first-order valence-electron chi connectivity index (χ1n) is 9.26. The second-order valence-electron chi connectivity index (χ2n) is 7.52. The van der Waals surface area contributed by atoms with Crippen LogP contribution in [0, 0.1) is 23.7 Å². The van der Waals surface area contributed by atoms with E-state index in [-0.39, 0.29) is 41.4 Å². The molecule has 0 aromatic heterocycles. The van der Waals surface area contributed by atoms with Crippen LogP contribution in [-0.2, 0) is 9.59 Å². The molecule has 2 aromatic carbocycles. The Morgan fingerprint density at radius 2 is 1.61 bits per heavy atom. The number of benzene rings is 2. The summed E-state index contributed by atoms with van der Waals surface area (Å²) in [6.45, 7) is 0. The van der Waals surface area contributed by atoms with E-state index < -0.39 is 0 Å². The van der Waals surface area contributed by atoms with E-state index in [1.54, 1.807) is 48.5 Å². The monoisotopic (exact) mass is 392 g/mol. The maximum Gasteiger partial charge on any atom is 0.255 e. The molecule has 1 saturated heterocycles. The minimum Gasteiger partial charge on any atom is -0.322 e. The first kappa shape index (κ1) is 17.2. The number of hydrogen-bond donors (Lipinski definition) is 1. The molecule has 1 N–H and O–H groups in total. The van der Waals surface area contributed by atoms with Crippen molar-refractivity contribution in [3.05, 3.63) is 71.3 Å². The van der Waals surface area contributed by atoms with Gasteiger partial charge in [-0.2, -0.15) is 0 Å². The van der Waals surface area contributed by atoms with Crippen molar-refractivity contribution < 1.29 is 14.4 Å². The molecule has 0 spiro atoms. The zero-order valence-corrected chi connectivity index (χ0v) is 15.6. The summed E-state index contributed by atoms with van der Waals surface area (Å²) in [6.07, 6.45) is 5.02. The fourth-order valence-electron chi connectivity index (χ4n) is 4.68. The summed E-state index contributed by atoms with van der Waals surface area (Å²) in [5.74, 6) is -0.807. The highest BCUT2D eigenvalue weighted by molar-refractivity contribution is 6.30. The maximum atomic E-state index is 12.9. The standard InChI is InChI=1S/C22H17ClN2O3/c23-15-6-8-16(9-7-15)24-20(26)14-2-1-3-17(11-14)25-21(27)18-12-4-5-13(10-12)19(18)22(25)28/h1-9,11-13,18-19H,10H2,(H,24,26)/t12-,13+,18-,19-/m0/s1. The van der Waals surface area contributed by atoms with Gasteiger partial charge in [-0.05, 0) is 60.7 Å². The summed E-state index contributed by atoms with van der Waals surface area (Å²) in [4.78, 5) is 39.8. The van der Waals surface area contributed by atoms with Gasteiger partial charge in [-0.15, -0.1) is 0 Å². The van der Waals surface area contributed by atoms with Crippen LogP contribution in [0.3, 0.4) is 0 Å². The van der Waals surface area contributed by atoms with Crippen molar-refractivity contribution in [3.8, 4) is 0 Å². The van der Waals surface area contributed by atoms with E-state index in [9.17, 15) is 14.4 Å². The van der Waals surface area contributed by atoms with Crippen LogP contribution in [0.15, 0.2) is 60.7 Å². The lowest BCUT2D eigenvalue weighted by atomic mass is 9.85. The molecule has 0 radical (unpaired) electrons. The fraction of sp³-hybridized carbons (Fsp3) is 0.227. The van der Waals surface area contributed by atoms with E-state index in [2.05, 4.69) is 17.5 Å². The lowest BCUT2D eigenvalue weighted by Gasteiger charge is -2.18. The average molecular weight is 393 g/mol. The predicted octanol–water partition coefficient (Wildman–Crippen LogP) is 3.90. The zero-order valence-electron chi connectivity index (χ0n) is 14.8. The first-order valence-corrected chi connectivity index (χ1v) is 9.64. The molecule has 28 heavy (non-hydrogen) atoms. The van der Waals surface area contributed by atoms with Crippen LogP contribution in [0.5, 0.6) is 0 Å². The Hall–Kier alpha value is -2.92. The SMILES string of the molecule is O=C(Nc1ccc(Cl)cc1)c1cccc(N2C(=O)[C@@H]3[C@@H](C2=O)[C@H]2C=C[C@@H]3C2)c1. The highest BCUT2D eigenvalue weighted by Gasteiger charge is 2.59. The summed E-state index contributed by atoms with van der Waals surface area (Å²) in [5.41, 5.74) is 1.45. The molecule has 0 unspecified atom stereocenters. The minimum atomic E-state index is -0.315. The van der Waals surface area contributed by atoms with Gasteiger partial charge in [0.2, 0.25) is 11.8 Å². The molecule has 6 heteroatoms. The van der Waals surface area contributed by atoms with E-state index in [1.165, 1.54) is 4.90 Å². The van der Waals surface area contributed by atoms with Gasteiger partial charge in [0.05, 0.1) is 17.5 Å². The molecule has 2 aliphatic carbocycles. The van der Waals surface area contributed by atoms with Crippen molar-refractivity contribution in [1.82, 2.24) is 0 Å². The van der Waals surface area contributed by atoms with Crippen molar-refractivity contribution in [2.75, 3.05) is 10.2 Å². The Kier molecular flexibility index (Phi) is 3.88. The van der Waals surface area contributed by atoms with Crippen molar-refractivity contribution >= 4 is 40.7 Å². The quantitative estimate of drug-likeness (QED) is 0.636. The number of allylic oxidation sites excluding steroid dienone is 2. The third-order valence-electron chi connectivity index (χ3n) is 5.94. The summed E-state index contributed by atoms with van der Waals surface area (Å²) < 4.78 is 0. The molecule has 5 nitrogen and oxygen atoms in total. The number of carbonyl (C=O) groups is 3. The minimum absolute atomic E-state index is 0.151. The van der Waals surface area contributed by atoms with Gasteiger partial charge in [-0.1, -0.05) is 29.8 Å². The normalized spacial score (nSPS) is 27.4. The number of nitrogens with one attached hydrogen (secondary N) is 1. The Labute approximate surface area is 167 Å². The van der Waals surface area contributed by atoms with Crippen LogP contribution >= 0.6 is 11.6 Å². The lowest BCUT2D eigenvalue weighted by molar-refractivity contribution is -0.123. The number of rotatable bonds is 3. The number of fused-ring (bicyclic) bond motifs is 5. The van der Waals surface area contributed by atoms with Crippen molar-refractivity contribution in [3.63, 3.8) is 0 Å². The predicted molar refractivity (Wildman–Crippen MR) is 106 cm³/mol. The number of nitrogens with zero attached hydrogens (tertiary/aromatic N) is 1. The van der Waals surface area contributed by atoms with Crippen LogP contribution in [-0.4, -0.2) is 17.7 Å². The average Bonchev–Trinajstić information content (AvgIpc) is 3.37. The molecule has 140 valence electrons. The highest BCUT2D eigenvalue weighted by atomic mass is 35.5. The number of amides is 3. The third kappa shape index (κ3) is 2.58. The van der Waals surface area contributed by atoms with Gasteiger partial charge >= 0.3 is 0 Å². The molecule has 1 heterocycles. The van der Waals surface area contributed by atoms with Gasteiger partial charge in [0.25, 0.3) is 5.91 Å². The molecule has 1 aliphatic heterocycles. The summed E-state index contributed by atoms with van der Waals surface area (Å²) in [7, 11) is 0. The number of imide groups is 1. The van der Waals surface area contributed by atoms with Gasteiger partial charge in [0, 0.05) is 16.3 Å². The Bertz CT molecular complexity index is 1000. The van der Waals surface area contributed by atoms with E-state index in [1.807, 2.05) is 0 Å². The Morgan fingerprint density at radius 1 is 0.964 bits per heavy atom. The van der Waals surface area contributed by atoms with Crippen molar-refractivity contribution in [2.45, 2.75) is 6.42 Å². The molecule has 4 atom stereocenters. The highest BCUT2D eigenvalue weighted by Crippen LogP contribution is 2.53. The first-order chi connectivity index (χ1) is 13.5. The molecule has 1 saturated carbocycles. The molecule has 2 aromatic rings. The summed E-state index contributed by atoms with van der Waals surface area (Å²) in [5, 5.41) is 3.38. The zero-order chi connectivity index (χ0) is 19.4. The number of halogens is 1. The van der Waals surface area contributed by atoms with Crippen LogP contribution in [0.1, 0.15) is 16.8 Å². The van der Waals surface area contributed by atoms with Crippen molar-refractivity contribution in [1.29, 1.82) is 0 Å². The maximum absolute atomic E-state index is 12.9. The Balaban J connectivity index is 1.40. The summed E-state index contributed by atoms with van der Waals surface area (Å²) >= 11 is 5.86. The smallest absolute Gasteiger partial charge is 0.255 e. The van der Waals surface area contributed by atoms with E-state index >= 15 is 0 Å². The van der Waals surface area contributed by atoms with Gasteiger partial charge in [0.15, 0.2) is 0 Å². The molecule has 5 rings (SSSR count). The molecule has 3 amide bonds. The Morgan fingerprint density at radius 3 is 2.25 bits per heavy atom. The van der Waals surface area contributed by atoms with Crippen LogP contribution in [0.25, 0.3) is 0 Å². The lowest BCUT2D eigenvalue weighted by Crippen LogP contribution is -2.33. The molecule has 2 bridgehead atoms. The van der Waals surface area contributed by atoms with Gasteiger partial charge in [-0.25, -0.2) is 4.90 Å². The second kappa shape index (κ2) is 6.31. The van der Waals surface area contributed by atoms with Gasteiger partial charge in [-0.3, -0.25) is 14.4 Å². The van der Waals surface area contributed by atoms with E-state index in [4.69, 9.17) is 11.6 Å². The van der Waals surface area contributed by atoms with E-state index in [0.717, 1.165) is 6.42 Å². The molecule has 2 fully saturated rings. The largest absolute Gasteiger partial charge is 0.322 e. The number of carbonyl (C=O) groups excluding carboxylic acids is 3. The summed E-state index contributed by atoms with van der Waals surface area (Å²) in [6, 6.07) is 13.4. The van der Waals surface area contributed by atoms with Crippen LogP contribution in [0.2, 0.25) is 5.02 Å². The second-order valence-corrected chi connectivity index (χ2v) is 7.96. The molecule has 3 aliphatic rings. The van der Waals surface area contributed by atoms with Crippen LogP contribution < -0.4 is 10.2 Å². The van der Waals surface area contributed by atoms with Crippen molar-refractivity contribution in [2.24, 2.45) is 23.7 Å². The third-order valence-corrected chi connectivity index (χ3v) is 6.19. The topological polar surface area (TPSA) is 66.5 Å². The van der Waals surface area contributed by atoms with E-state index in [0.29, 0.717) is 22.0 Å². The van der Waals surface area contributed by atoms with Crippen LogP contribution in [0.4, 0.5) is 11.4 Å². The van der Waals surface area contributed by atoms with Gasteiger partial charge < -0.3 is 5.32 Å². The molecular formula is C22H17ClN2O3. The number of hydrogen-bond acceptors (Lipinski definition) is 3. The van der Waals surface area contributed by atoms with Gasteiger partial charge in [0.1, 0.15) is 0 Å². The number of anilines is 2. The fourth-order valence-corrected chi connectivity index (χ4v) is 4.81. The molecular weight excluding hydrogens is 376 g/mol.